The fourth-order valence-electron chi connectivity index (χ4n) is 7.17. The minimum absolute atomic E-state index is 0.132. The molecule has 0 heterocycles. The van der Waals surface area contributed by atoms with Crippen LogP contribution in [0, 0.1) is 34.5 Å². The predicted molar refractivity (Wildman–Crippen MR) is 141 cm³/mol. The fraction of sp³-hybridized carbons (Fsp3) is 0.857. The summed E-state index contributed by atoms with van der Waals surface area (Å²) in [7, 11) is 4.05. The number of oxime groups is 1. The van der Waals surface area contributed by atoms with Crippen molar-refractivity contribution in [1.29, 1.82) is 0 Å². The van der Waals surface area contributed by atoms with E-state index < -0.39 is 11.9 Å². The average Bonchev–Trinajstić information content (AvgIpc) is 2.83. The Kier molecular flexibility index (Phi) is 11.6. The number of carboxylic acids is 2. The second-order valence-corrected chi connectivity index (χ2v) is 12.0. The molecular formula is C28H48N2O7. The van der Waals surface area contributed by atoms with E-state index in [1.165, 1.54) is 0 Å². The second kappa shape index (κ2) is 13.7. The minimum atomic E-state index is -1.82. The molecule has 0 spiro atoms. The van der Waals surface area contributed by atoms with E-state index in [2.05, 4.69) is 30.8 Å². The zero-order valence-corrected chi connectivity index (χ0v) is 23.3. The molecule has 9 nitrogen and oxygen atoms in total. The number of aliphatic hydroxyl groups excluding tert-OH is 1. The molecule has 7 atom stereocenters. The van der Waals surface area contributed by atoms with Crippen LogP contribution in [-0.2, 0) is 19.2 Å². The number of rotatable bonds is 9. The maximum absolute atomic E-state index is 14.0. The van der Waals surface area contributed by atoms with Gasteiger partial charge in [0.15, 0.2) is 0 Å². The van der Waals surface area contributed by atoms with Crippen LogP contribution in [-0.4, -0.2) is 77.5 Å². The molecule has 0 radical (unpaired) electrons. The number of likely N-dealkylation sites (N-methyl/N-ethyl adjacent to an activating group) is 1. The van der Waals surface area contributed by atoms with Gasteiger partial charge in [0, 0.05) is 24.1 Å². The van der Waals surface area contributed by atoms with Gasteiger partial charge in [0.2, 0.25) is 0 Å². The van der Waals surface area contributed by atoms with Gasteiger partial charge in [-0.15, -0.1) is 0 Å². The van der Waals surface area contributed by atoms with Crippen molar-refractivity contribution in [2.45, 2.75) is 91.1 Å². The Morgan fingerprint density at radius 1 is 1.14 bits per heavy atom. The van der Waals surface area contributed by atoms with Crippen molar-refractivity contribution < 1.29 is 34.5 Å². The first kappa shape index (κ1) is 31.2. The first-order valence-corrected chi connectivity index (χ1v) is 13.8. The molecule has 3 N–H and O–H groups in total. The maximum atomic E-state index is 14.0. The summed E-state index contributed by atoms with van der Waals surface area (Å²) < 4.78 is 0. The van der Waals surface area contributed by atoms with Crippen LogP contribution >= 0.6 is 0 Å². The molecule has 3 aliphatic carbocycles. The third-order valence-corrected chi connectivity index (χ3v) is 9.43. The quantitative estimate of drug-likeness (QED) is 0.178. The number of ketones is 1. The Morgan fingerprint density at radius 3 is 2.41 bits per heavy atom. The van der Waals surface area contributed by atoms with Crippen molar-refractivity contribution in [2.75, 3.05) is 27.2 Å². The van der Waals surface area contributed by atoms with Crippen LogP contribution in [0.4, 0.5) is 0 Å². The van der Waals surface area contributed by atoms with Crippen molar-refractivity contribution in [3.63, 3.8) is 0 Å². The van der Waals surface area contributed by atoms with Crippen molar-refractivity contribution in [1.82, 2.24) is 4.90 Å². The third kappa shape index (κ3) is 7.76. The fourth-order valence-corrected chi connectivity index (χ4v) is 7.17. The number of hydrogen-bond donors (Lipinski definition) is 3. The van der Waals surface area contributed by atoms with Crippen molar-refractivity contribution in [3.8, 4) is 0 Å². The number of fused-ring (bicyclic) bond motifs is 3. The Morgan fingerprint density at radius 2 is 1.81 bits per heavy atom. The van der Waals surface area contributed by atoms with E-state index in [9.17, 15) is 9.90 Å². The first-order chi connectivity index (χ1) is 17.4. The van der Waals surface area contributed by atoms with E-state index in [0.29, 0.717) is 30.1 Å². The number of Topliss-reactive ketones (excluding diaryl/α,β-unsaturated/α-hetero) is 1. The molecule has 0 amide bonds. The molecule has 0 bridgehead atoms. The third-order valence-electron chi connectivity index (χ3n) is 9.43. The second-order valence-electron chi connectivity index (χ2n) is 12.0. The van der Waals surface area contributed by atoms with Gasteiger partial charge < -0.3 is 25.1 Å². The predicted octanol–water partition coefficient (Wildman–Crippen LogP) is 4.08. The lowest BCUT2D eigenvalue weighted by molar-refractivity contribution is -0.159. The van der Waals surface area contributed by atoms with Crippen molar-refractivity contribution >= 4 is 23.9 Å². The largest absolute Gasteiger partial charge is 0.473 e. The number of aliphatic hydroxyl groups is 1. The summed E-state index contributed by atoms with van der Waals surface area (Å²) in [5.41, 5.74) is -0.00859. The van der Waals surface area contributed by atoms with Gasteiger partial charge in [0.1, 0.15) is 12.4 Å². The molecule has 0 aromatic rings. The molecule has 3 aliphatic rings. The van der Waals surface area contributed by atoms with Crippen LogP contribution in [0.5, 0.6) is 0 Å². The number of nitrogens with zero attached hydrogens (tertiary/aromatic N) is 2. The summed E-state index contributed by atoms with van der Waals surface area (Å²) in [5, 5.41) is 29.2. The molecule has 37 heavy (non-hydrogen) atoms. The SMILES string of the molecule is CCC[C@@H](C/C=N\OCCN(C)C)[C@@]1(C)CC[C@H]2[C@@H](CC[C@@H]3C[C@@H](O)CC[C@@]32C)C1=O.O=C(O)C(=O)O. The normalized spacial score (nSPS) is 34.2. The van der Waals surface area contributed by atoms with Gasteiger partial charge in [-0.25, -0.2) is 9.59 Å². The average molecular weight is 525 g/mol. The van der Waals surface area contributed by atoms with Crippen LogP contribution in [0.3, 0.4) is 0 Å². The molecular weight excluding hydrogens is 476 g/mol. The van der Waals surface area contributed by atoms with Crippen LogP contribution in [0.25, 0.3) is 0 Å². The first-order valence-electron chi connectivity index (χ1n) is 13.8. The summed E-state index contributed by atoms with van der Waals surface area (Å²) in [4.78, 5) is 39.6. The van der Waals surface area contributed by atoms with Crippen molar-refractivity contribution in [3.05, 3.63) is 0 Å². The lowest BCUT2D eigenvalue weighted by Crippen LogP contribution is -2.56. The molecule has 3 saturated carbocycles. The van der Waals surface area contributed by atoms with E-state index in [1.54, 1.807) is 0 Å². The van der Waals surface area contributed by atoms with E-state index in [1.807, 2.05) is 20.3 Å². The zero-order valence-electron chi connectivity index (χ0n) is 23.3. The summed E-state index contributed by atoms with van der Waals surface area (Å²) in [6.07, 6.45) is 12.0. The molecule has 9 heteroatoms. The minimum Gasteiger partial charge on any atom is -0.473 e. The van der Waals surface area contributed by atoms with Crippen LogP contribution in [0.2, 0.25) is 0 Å². The van der Waals surface area contributed by atoms with Gasteiger partial charge in [-0.3, -0.25) is 4.79 Å². The maximum Gasteiger partial charge on any atom is 0.414 e. The van der Waals surface area contributed by atoms with Crippen molar-refractivity contribution in [2.24, 2.45) is 39.7 Å². The van der Waals surface area contributed by atoms with E-state index >= 15 is 0 Å². The summed E-state index contributed by atoms with van der Waals surface area (Å²) in [6, 6.07) is 0. The monoisotopic (exact) mass is 524 g/mol. The Balaban J connectivity index is 0.000000717. The molecule has 212 valence electrons. The van der Waals surface area contributed by atoms with Gasteiger partial charge in [0.05, 0.1) is 6.10 Å². The molecule has 3 rings (SSSR count). The highest BCUT2D eigenvalue weighted by atomic mass is 16.6. The topological polar surface area (TPSA) is 137 Å². The Labute approximate surface area is 221 Å². The molecule has 0 unspecified atom stereocenters. The van der Waals surface area contributed by atoms with E-state index in [-0.39, 0.29) is 22.9 Å². The Hall–Kier alpha value is -2.00. The molecule has 0 aromatic carbocycles. The summed E-state index contributed by atoms with van der Waals surface area (Å²) >= 11 is 0. The lowest BCUT2D eigenvalue weighted by Gasteiger charge is -2.58. The van der Waals surface area contributed by atoms with Gasteiger partial charge in [-0.05, 0) is 95.1 Å². The highest BCUT2D eigenvalue weighted by molar-refractivity contribution is 6.27. The van der Waals surface area contributed by atoms with Gasteiger partial charge in [0.25, 0.3) is 0 Å². The highest BCUT2D eigenvalue weighted by Crippen LogP contribution is 2.61. The van der Waals surface area contributed by atoms with E-state index in [4.69, 9.17) is 24.6 Å². The molecule has 3 fully saturated rings. The number of carboxylic acid groups (broad SMARTS) is 2. The van der Waals surface area contributed by atoms with Crippen LogP contribution in [0.15, 0.2) is 5.16 Å². The molecule has 0 aromatic heterocycles. The standard InChI is InChI=1S/C26H46N2O3.C2H2O4/c1-6-7-19(12-15-27-31-17-16-28(4)5)26(3)14-11-23-22(24(26)30)9-8-20-18-21(29)10-13-25(20,23)2;3-1(4)2(5)6/h15,19-23,29H,6-14,16-18H2,1-5H3;(H,3,4)(H,5,6)/b27-15-;/t19-,20+,21-,22+,23-,25-,26+;/m0./s1. The number of hydrogen-bond acceptors (Lipinski definition) is 7. The zero-order chi connectivity index (χ0) is 27.8. The van der Waals surface area contributed by atoms with Gasteiger partial charge in [-0.2, -0.15) is 0 Å². The van der Waals surface area contributed by atoms with Gasteiger partial charge in [-0.1, -0.05) is 32.3 Å². The number of aliphatic carboxylic acids is 2. The smallest absolute Gasteiger partial charge is 0.414 e. The van der Waals surface area contributed by atoms with Crippen LogP contribution < -0.4 is 0 Å². The summed E-state index contributed by atoms with van der Waals surface area (Å²) in [5.74, 6) is -1.48. The molecule has 0 aliphatic heterocycles. The lowest BCUT2D eigenvalue weighted by atomic mass is 9.45. The van der Waals surface area contributed by atoms with Crippen LogP contribution in [0.1, 0.15) is 85.0 Å². The Bertz CT molecular complexity index is 804. The highest BCUT2D eigenvalue weighted by Gasteiger charge is 2.58. The number of carbonyl (C=O) groups excluding carboxylic acids is 1. The van der Waals surface area contributed by atoms with E-state index in [0.717, 1.165) is 70.8 Å². The van der Waals surface area contributed by atoms with Gasteiger partial charge >= 0.3 is 11.9 Å². The summed E-state index contributed by atoms with van der Waals surface area (Å²) in [6.45, 7) is 8.34. The number of carbonyl (C=O) groups is 3. The molecule has 0 saturated heterocycles.